The van der Waals surface area contributed by atoms with Crippen LogP contribution in [0.4, 0.5) is 0 Å². The maximum absolute atomic E-state index is 12.9. The molecule has 1 fully saturated rings. The van der Waals surface area contributed by atoms with Crippen LogP contribution < -0.4 is 0 Å². The number of piperidine rings is 1. The van der Waals surface area contributed by atoms with E-state index in [0.29, 0.717) is 25.9 Å². The first-order chi connectivity index (χ1) is 15.1. The predicted octanol–water partition coefficient (Wildman–Crippen LogP) is 3.52. The number of carbonyl (C=O) groups is 2. The zero-order valence-corrected chi connectivity index (χ0v) is 20.3. The Morgan fingerprint density at radius 2 is 1.88 bits per heavy atom. The molecule has 1 atom stereocenters. The number of thiophene rings is 1. The fourth-order valence-electron chi connectivity index (χ4n) is 3.68. The number of hydrogen-bond acceptors (Lipinski definition) is 6. The van der Waals surface area contributed by atoms with E-state index in [4.69, 9.17) is 4.74 Å². The average molecular weight is 479 g/mol. The topological polar surface area (TPSA) is 84.0 Å². The minimum absolute atomic E-state index is 0.0697. The van der Waals surface area contributed by atoms with Crippen molar-refractivity contribution in [3.8, 4) is 0 Å². The van der Waals surface area contributed by atoms with Gasteiger partial charge in [-0.05, 0) is 50.6 Å². The van der Waals surface area contributed by atoms with E-state index < -0.39 is 27.4 Å². The number of ether oxygens (including phenoxy) is 1. The van der Waals surface area contributed by atoms with Crippen molar-refractivity contribution in [2.24, 2.45) is 5.92 Å². The molecular weight excluding hydrogens is 448 g/mol. The molecule has 1 aliphatic heterocycles. The number of esters is 1. The van der Waals surface area contributed by atoms with Gasteiger partial charge < -0.3 is 9.64 Å². The van der Waals surface area contributed by atoms with E-state index in [2.05, 4.69) is 0 Å². The smallest absolute Gasteiger partial charge is 0.310 e. The third-order valence-electron chi connectivity index (χ3n) is 5.44. The van der Waals surface area contributed by atoms with Crippen LogP contribution in [0.3, 0.4) is 0 Å². The summed E-state index contributed by atoms with van der Waals surface area (Å²) in [6.07, 6.45) is 1.11. The van der Waals surface area contributed by atoms with Crippen molar-refractivity contribution in [2.75, 3.05) is 19.7 Å². The Balaban J connectivity index is 1.60. The van der Waals surface area contributed by atoms with Crippen molar-refractivity contribution < 1.29 is 22.7 Å². The van der Waals surface area contributed by atoms with Crippen LogP contribution in [-0.2, 0) is 30.9 Å². The minimum atomic E-state index is -3.61. The Morgan fingerprint density at radius 1 is 1.16 bits per heavy atom. The molecule has 1 aromatic heterocycles. The van der Waals surface area contributed by atoms with Gasteiger partial charge in [0.15, 0.2) is 6.61 Å². The Labute approximate surface area is 194 Å². The molecule has 0 radical (unpaired) electrons. The lowest BCUT2D eigenvalue weighted by Crippen LogP contribution is -2.47. The summed E-state index contributed by atoms with van der Waals surface area (Å²) in [5.74, 6) is -1.39. The van der Waals surface area contributed by atoms with Crippen molar-refractivity contribution in [2.45, 2.75) is 49.9 Å². The molecule has 0 saturated carbocycles. The Kier molecular flexibility index (Phi) is 7.74. The summed E-state index contributed by atoms with van der Waals surface area (Å²) in [6.45, 7) is 6.30. The van der Waals surface area contributed by atoms with Gasteiger partial charge in [0.25, 0.3) is 15.9 Å². The Bertz CT molecular complexity index is 1010. The molecule has 0 spiro atoms. The minimum Gasteiger partial charge on any atom is -0.455 e. The van der Waals surface area contributed by atoms with Crippen molar-refractivity contribution in [3.05, 3.63) is 53.4 Å². The van der Waals surface area contributed by atoms with E-state index in [9.17, 15) is 18.0 Å². The van der Waals surface area contributed by atoms with Gasteiger partial charge in [0.2, 0.25) is 0 Å². The maximum atomic E-state index is 12.9. The highest BCUT2D eigenvalue weighted by Gasteiger charge is 2.35. The SMILES string of the molecule is CC(C)(C)N(Cc1ccccc1)C(=O)COC(=O)C1CCCN(S(=O)(=O)c2cccs2)C1. The molecule has 1 unspecified atom stereocenters. The van der Waals surface area contributed by atoms with E-state index in [0.717, 1.165) is 16.9 Å². The second kappa shape index (κ2) is 10.1. The molecule has 0 bridgehead atoms. The number of benzene rings is 1. The van der Waals surface area contributed by atoms with Crippen LogP contribution in [0.5, 0.6) is 0 Å². The number of nitrogens with zero attached hydrogens (tertiary/aromatic N) is 2. The number of sulfonamides is 1. The van der Waals surface area contributed by atoms with Crippen molar-refractivity contribution >= 4 is 33.2 Å². The molecule has 3 rings (SSSR count). The first-order valence-corrected chi connectivity index (χ1v) is 13.0. The third-order valence-corrected chi connectivity index (χ3v) is 8.68. The number of amides is 1. The molecule has 2 heterocycles. The summed E-state index contributed by atoms with van der Waals surface area (Å²) in [4.78, 5) is 27.3. The van der Waals surface area contributed by atoms with Gasteiger partial charge in [0.05, 0.1) is 5.92 Å². The summed E-state index contributed by atoms with van der Waals surface area (Å²) < 4.78 is 32.5. The largest absolute Gasteiger partial charge is 0.455 e. The Hall–Kier alpha value is -2.23. The van der Waals surface area contributed by atoms with Gasteiger partial charge in [-0.15, -0.1) is 11.3 Å². The van der Waals surface area contributed by atoms with E-state index in [-0.39, 0.29) is 23.3 Å². The lowest BCUT2D eigenvalue weighted by atomic mass is 10.00. The van der Waals surface area contributed by atoms with Gasteiger partial charge in [-0.2, -0.15) is 4.31 Å². The van der Waals surface area contributed by atoms with Gasteiger partial charge in [0.1, 0.15) is 4.21 Å². The summed E-state index contributed by atoms with van der Waals surface area (Å²) in [7, 11) is -3.61. The van der Waals surface area contributed by atoms with Crippen LogP contribution in [0, 0.1) is 5.92 Å². The van der Waals surface area contributed by atoms with Crippen molar-refractivity contribution in [1.29, 1.82) is 0 Å². The highest BCUT2D eigenvalue weighted by Crippen LogP contribution is 2.27. The lowest BCUT2D eigenvalue weighted by Gasteiger charge is -2.36. The van der Waals surface area contributed by atoms with E-state index in [1.54, 1.807) is 22.4 Å². The highest BCUT2D eigenvalue weighted by molar-refractivity contribution is 7.91. The van der Waals surface area contributed by atoms with Crippen LogP contribution in [0.1, 0.15) is 39.2 Å². The summed E-state index contributed by atoms with van der Waals surface area (Å²) in [5, 5.41) is 1.71. The van der Waals surface area contributed by atoms with E-state index >= 15 is 0 Å². The highest BCUT2D eigenvalue weighted by atomic mass is 32.2. The first kappa shape index (κ1) is 24.4. The third kappa shape index (κ3) is 5.96. The lowest BCUT2D eigenvalue weighted by molar-refractivity contribution is -0.158. The van der Waals surface area contributed by atoms with Gasteiger partial charge in [-0.1, -0.05) is 36.4 Å². The van der Waals surface area contributed by atoms with Crippen molar-refractivity contribution in [3.63, 3.8) is 0 Å². The molecule has 1 aliphatic rings. The van der Waals surface area contributed by atoms with Gasteiger partial charge in [-0.3, -0.25) is 9.59 Å². The number of hydrogen-bond donors (Lipinski definition) is 0. The normalized spacial score (nSPS) is 17.7. The molecule has 9 heteroatoms. The molecule has 2 aromatic rings. The monoisotopic (exact) mass is 478 g/mol. The van der Waals surface area contributed by atoms with Crippen LogP contribution >= 0.6 is 11.3 Å². The standard InChI is InChI=1S/C23H30N2O5S2/c1-23(2,3)25(15-18-9-5-4-6-10-18)20(26)17-30-22(27)19-11-7-13-24(16-19)32(28,29)21-12-8-14-31-21/h4-6,8-10,12,14,19H,7,11,13,15-17H2,1-3H3. The molecular formula is C23H30N2O5S2. The molecule has 0 N–H and O–H groups in total. The van der Waals surface area contributed by atoms with Gasteiger partial charge in [0, 0.05) is 25.2 Å². The predicted molar refractivity (Wildman–Crippen MR) is 124 cm³/mol. The zero-order valence-electron chi connectivity index (χ0n) is 18.7. The second-order valence-electron chi connectivity index (χ2n) is 8.88. The zero-order chi connectivity index (χ0) is 23.4. The molecule has 7 nitrogen and oxygen atoms in total. The Morgan fingerprint density at radius 3 is 2.50 bits per heavy atom. The molecule has 32 heavy (non-hydrogen) atoms. The van der Waals surface area contributed by atoms with E-state index in [1.807, 2.05) is 51.1 Å². The van der Waals surface area contributed by atoms with Crippen LogP contribution in [0.25, 0.3) is 0 Å². The molecule has 1 amide bonds. The number of rotatable bonds is 7. The molecule has 0 aliphatic carbocycles. The van der Waals surface area contributed by atoms with Gasteiger partial charge >= 0.3 is 5.97 Å². The molecule has 174 valence electrons. The van der Waals surface area contributed by atoms with Crippen LogP contribution in [-0.4, -0.2) is 54.7 Å². The maximum Gasteiger partial charge on any atom is 0.310 e. The summed E-state index contributed by atoms with van der Waals surface area (Å²) >= 11 is 1.16. The summed E-state index contributed by atoms with van der Waals surface area (Å²) in [5.41, 5.74) is 0.541. The fourth-order valence-corrected chi connectivity index (χ4v) is 6.35. The first-order valence-electron chi connectivity index (χ1n) is 10.6. The molecule has 1 aromatic carbocycles. The second-order valence-corrected chi connectivity index (χ2v) is 12.0. The quantitative estimate of drug-likeness (QED) is 0.569. The average Bonchev–Trinajstić information content (AvgIpc) is 3.31. The summed E-state index contributed by atoms with van der Waals surface area (Å²) in [6, 6.07) is 12.9. The van der Waals surface area contributed by atoms with Crippen LogP contribution in [0.2, 0.25) is 0 Å². The fraction of sp³-hybridized carbons (Fsp3) is 0.478. The van der Waals surface area contributed by atoms with Crippen molar-refractivity contribution in [1.82, 2.24) is 9.21 Å². The van der Waals surface area contributed by atoms with Gasteiger partial charge in [-0.25, -0.2) is 8.42 Å². The number of carbonyl (C=O) groups excluding carboxylic acids is 2. The molecule has 1 saturated heterocycles. The van der Waals surface area contributed by atoms with E-state index in [1.165, 1.54) is 4.31 Å². The van der Waals surface area contributed by atoms with Crippen LogP contribution in [0.15, 0.2) is 52.1 Å².